The highest BCUT2D eigenvalue weighted by Gasteiger charge is 2.19. The van der Waals surface area contributed by atoms with E-state index in [1.54, 1.807) is 0 Å². The lowest BCUT2D eigenvalue weighted by Crippen LogP contribution is -2.09. The standard InChI is InChI=1S/C15H18O2/c1-2-11-3-5-12(6-4-11)13-7-9-14(10-8-13)15(16)17/h3-6,9,13H,2,7-8,10H2,1H3,(H,16,17). The van der Waals surface area contributed by atoms with Gasteiger partial charge in [-0.15, -0.1) is 0 Å². The molecule has 2 rings (SSSR count). The molecule has 2 heteroatoms. The van der Waals surface area contributed by atoms with Crippen molar-refractivity contribution in [2.24, 2.45) is 0 Å². The van der Waals surface area contributed by atoms with E-state index in [-0.39, 0.29) is 0 Å². The van der Waals surface area contributed by atoms with Crippen molar-refractivity contribution in [1.29, 1.82) is 0 Å². The third-order valence-corrected chi connectivity index (χ3v) is 3.54. The molecule has 0 aromatic heterocycles. The first-order chi connectivity index (χ1) is 8.20. The van der Waals surface area contributed by atoms with Crippen molar-refractivity contribution in [3.63, 3.8) is 0 Å². The Morgan fingerprint density at radius 2 is 2.06 bits per heavy atom. The molecule has 2 nitrogen and oxygen atoms in total. The molecule has 0 aliphatic heterocycles. The monoisotopic (exact) mass is 230 g/mol. The molecule has 0 amide bonds. The van der Waals surface area contributed by atoms with E-state index in [1.807, 2.05) is 6.08 Å². The van der Waals surface area contributed by atoms with Crippen LogP contribution < -0.4 is 0 Å². The van der Waals surface area contributed by atoms with Gasteiger partial charge in [0, 0.05) is 5.57 Å². The highest BCUT2D eigenvalue weighted by Crippen LogP contribution is 2.32. The quantitative estimate of drug-likeness (QED) is 0.862. The Labute approximate surface area is 102 Å². The molecular weight excluding hydrogens is 212 g/mol. The number of aryl methyl sites for hydroxylation is 1. The zero-order chi connectivity index (χ0) is 12.3. The number of benzene rings is 1. The first-order valence-electron chi connectivity index (χ1n) is 6.22. The number of hydrogen-bond donors (Lipinski definition) is 1. The van der Waals surface area contributed by atoms with Crippen molar-refractivity contribution in [2.75, 3.05) is 0 Å². The minimum Gasteiger partial charge on any atom is -0.478 e. The molecular formula is C15H18O2. The van der Waals surface area contributed by atoms with Crippen molar-refractivity contribution in [3.05, 3.63) is 47.0 Å². The van der Waals surface area contributed by atoms with Gasteiger partial charge >= 0.3 is 5.97 Å². The second-order valence-corrected chi connectivity index (χ2v) is 4.60. The van der Waals surface area contributed by atoms with Crippen LogP contribution in [0.15, 0.2) is 35.9 Å². The summed E-state index contributed by atoms with van der Waals surface area (Å²) in [6, 6.07) is 8.71. The predicted octanol–water partition coefficient (Wildman–Crippen LogP) is 3.53. The number of rotatable bonds is 3. The highest BCUT2D eigenvalue weighted by atomic mass is 16.4. The number of aliphatic carboxylic acids is 1. The Morgan fingerprint density at radius 3 is 2.53 bits per heavy atom. The van der Waals surface area contributed by atoms with Gasteiger partial charge < -0.3 is 5.11 Å². The summed E-state index contributed by atoms with van der Waals surface area (Å²) in [5.74, 6) is -0.270. The summed E-state index contributed by atoms with van der Waals surface area (Å²) in [4.78, 5) is 10.8. The Hall–Kier alpha value is -1.57. The molecule has 0 saturated heterocycles. The third kappa shape index (κ3) is 2.76. The summed E-state index contributed by atoms with van der Waals surface area (Å²) in [6.45, 7) is 2.15. The first-order valence-corrected chi connectivity index (χ1v) is 6.22. The zero-order valence-corrected chi connectivity index (χ0v) is 10.1. The van der Waals surface area contributed by atoms with E-state index in [4.69, 9.17) is 5.11 Å². The van der Waals surface area contributed by atoms with Gasteiger partial charge in [-0.3, -0.25) is 0 Å². The van der Waals surface area contributed by atoms with Crippen LogP contribution in [-0.2, 0) is 11.2 Å². The van der Waals surface area contributed by atoms with Crippen LogP contribution in [0.25, 0.3) is 0 Å². The molecule has 1 aliphatic carbocycles. The topological polar surface area (TPSA) is 37.3 Å². The van der Waals surface area contributed by atoms with Crippen LogP contribution in [0, 0.1) is 0 Å². The molecule has 17 heavy (non-hydrogen) atoms. The lowest BCUT2D eigenvalue weighted by atomic mass is 9.84. The SMILES string of the molecule is CCc1ccc(C2CC=C(C(=O)O)CC2)cc1. The van der Waals surface area contributed by atoms with Gasteiger partial charge in [0.05, 0.1) is 0 Å². The Balaban J connectivity index is 2.07. The maximum absolute atomic E-state index is 10.8. The molecule has 90 valence electrons. The Bertz CT molecular complexity index is 429. The van der Waals surface area contributed by atoms with Gasteiger partial charge in [-0.25, -0.2) is 4.79 Å². The van der Waals surface area contributed by atoms with Crippen molar-refractivity contribution in [2.45, 2.75) is 38.5 Å². The van der Waals surface area contributed by atoms with Crippen LogP contribution in [0.4, 0.5) is 0 Å². The van der Waals surface area contributed by atoms with Crippen molar-refractivity contribution in [3.8, 4) is 0 Å². The summed E-state index contributed by atoms with van der Waals surface area (Å²) < 4.78 is 0. The zero-order valence-electron chi connectivity index (χ0n) is 10.1. The molecule has 1 aromatic carbocycles. The maximum Gasteiger partial charge on any atom is 0.331 e. The number of hydrogen-bond acceptors (Lipinski definition) is 1. The van der Waals surface area contributed by atoms with E-state index in [9.17, 15) is 4.79 Å². The summed E-state index contributed by atoms with van der Waals surface area (Å²) in [5.41, 5.74) is 3.26. The van der Waals surface area contributed by atoms with E-state index in [1.165, 1.54) is 11.1 Å². The molecule has 0 saturated carbocycles. The van der Waals surface area contributed by atoms with Crippen LogP contribution in [-0.4, -0.2) is 11.1 Å². The number of carboxylic acid groups (broad SMARTS) is 1. The molecule has 0 fully saturated rings. The fraction of sp³-hybridized carbons (Fsp3) is 0.400. The van der Waals surface area contributed by atoms with Crippen molar-refractivity contribution < 1.29 is 9.90 Å². The summed E-state index contributed by atoms with van der Waals surface area (Å²) >= 11 is 0. The second-order valence-electron chi connectivity index (χ2n) is 4.60. The number of carboxylic acids is 1. The molecule has 0 radical (unpaired) electrons. The lowest BCUT2D eigenvalue weighted by molar-refractivity contribution is -0.132. The van der Waals surface area contributed by atoms with Gasteiger partial charge in [0.25, 0.3) is 0 Å². The predicted molar refractivity (Wildman–Crippen MR) is 68.1 cm³/mol. The van der Waals surface area contributed by atoms with Crippen LogP contribution in [0.1, 0.15) is 43.2 Å². The largest absolute Gasteiger partial charge is 0.478 e. The fourth-order valence-corrected chi connectivity index (χ4v) is 2.36. The average Bonchev–Trinajstić information content (AvgIpc) is 2.39. The van der Waals surface area contributed by atoms with Crippen molar-refractivity contribution >= 4 is 5.97 Å². The third-order valence-electron chi connectivity index (χ3n) is 3.54. The van der Waals surface area contributed by atoms with Gasteiger partial charge in [0.2, 0.25) is 0 Å². The number of carbonyl (C=O) groups is 1. The second kappa shape index (κ2) is 5.17. The minimum absolute atomic E-state index is 0.490. The Kier molecular flexibility index (Phi) is 3.62. The molecule has 0 heterocycles. The Morgan fingerprint density at radius 1 is 1.35 bits per heavy atom. The summed E-state index contributed by atoms with van der Waals surface area (Å²) in [5, 5.41) is 8.90. The van der Waals surface area contributed by atoms with E-state index in [0.717, 1.165) is 19.3 Å². The van der Waals surface area contributed by atoms with Gasteiger partial charge in [0.1, 0.15) is 0 Å². The minimum atomic E-state index is -0.759. The molecule has 1 N–H and O–H groups in total. The summed E-state index contributed by atoms with van der Waals surface area (Å²) in [6.07, 6.45) is 5.44. The molecule has 1 atom stereocenters. The van der Waals surface area contributed by atoms with E-state index in [0.29, 0.717) is 17.9 Å². The lowest BCUT2D eigenvalue weighted by Gasteiger charge is -2.20. The van der Waals surface area contributed by atoms with E-state index in [2.05, 4.69) is 31.2 Å². The van der Waals surface area contributed by atoms with Gasteiger partial charge in [0.15, 0.2) is 0 Å². The van der Waals surface area contributed by atoms with Crippen molar-refractivity contribution in [1.82, 2.24) is 0 Å². The maximum atomic E-state index is 10.8. The van der Waals surface area contributed by atoms with Gasteiger partial charge in [-0.05, 0) is 42.7 Å². The number of allylic oxidation sites excluding steroid dienone is 1. The van der Waals surface area contributed by atoms with Gasteiger partial charge in [-0.2, -0.15) is 0 Å². The van der Waals surface area contributed by atoms with Gasteiger partial charge in [-0.1, -0.05) is 37.3 Å². The molecule has 0 bridgehead atoms. The first kappa shape index (κ1) is 11.9. The van der Waals surface area contributed by atoms with E-state index >= 15 is 0 Å². The fourth-order valence-electron chi connectivity index (χ4n) is 2.36. The smallest absolute Gasteiger partial charge is 0.331 e. The normalized spacial score (nSPS) is 19.8. The molecule has 1 aliphatic rings. The molecule has 0 spiro atoms. The van der Waals surface area contributed by atoms with Crippen LogP contribution in [0.2, 0.25) is 0 Å². The highest BCUT2D eigenvalue weighted by molar-refractivity contribution is 5.86. The molecule has 1 aromatic rings. The average molecular weight is 230 g/mol. The van der Waals surface area contributed by atoms with Crippen LogP contribution in [0.5, 0.6) is 0 Å². The van der Waals surface area contributed by atoms with Crippen LogP contribution >= 0.6 is 0 Å². The van der Waals surface area contributed by atoms with E-state index < -0.39 is 5.97 Å². The summed E-state index contributed by atoms with van der Waals surface area (Å²) in [7, 11) is 0. The van der Waals surface area contributed by atoms with Crippen LogP contribution in [0.3, 0.4) is 0 Å². The molecule has 1 unspecified atom stereocenters.